The molecule has 0 bridgehead atoms. The van der Waals surface area contributed by atoms with E-state index >= 15 is 0 Å². The molecule has 0 aliphatic heterocycles. The van der Waals surface area contributed by atoms with E-state index in [0.29, 0.717) is 19.3 Å². The Morgan fingerprint density at radius 3 is 2.59 bits per heavy atom. The molecular formula is C17H20N2O3. The molecule has 0 aliphatic rings. The van der Waals surface area contributed by atoms with Crippen LogP contribution in [0.4, 0.5) is 0 Å². The van der Waals surface area contributed by atoms with Crippen LogP contribution in [0.2, 0.25) is 0 Å². The summed E-state index contributed by atoms with van der Waals surface area (Å²) in [7, 11) is 1.32. The summed E-state index contributed by atoms with van der Waals surface area (Å²) in [6.45, 7) is 0. The van der Waals surface area contributed by atoms with E-state index in [2.05, 4.69) is 10.3 Å². The molecule has 0 unspecified atom stereocenters. The zero-order valence-electron chi connectivity index (χ0n) is 12.5. The van der Waals surface area contributed by atoms with Crippen LogP contribution in [0.3, 0.4) is 0 Å². The lowest BCUT2D eigenvalue weighted by molar-refractivity contribution is -0.145. The molecule has 0 saturated heterocycles. The quantitative estimate of drug-likeness (QED) is 0.767. The van der Waals surface area contributed by atoms with Crippen LogP contribution in [-0.2, 0) is 27.2 Å². The van der Waals surface area contributed by atoms with Gasteiger partial charge in [0.2, 0.25) is 5.91 Å². The number of esters is 1. The molecule has 0 fully saturated rings. The molecule has 0 spiro atoms. The van der Waals surface area contributed by atoms with Crippen LogP contribution in [0.15, 0.2) is 48.7 Å². The Bertz CT molecular complexity index is 594. The summed E-state index contributed by atoms with van der Waals surface area (Å²) in [5.74, 6) is -0.599. The van der Waals surface area contributed by atoms with Crippen molar-refractivity contribution < 1.29 is 14.3 Å². The highest BCUT2D eigenvalue weighted by Gasteiger charge is 2.21. The first-order valence-corrected chi connectivity index (χ1v) is 7.22. The lowest BCUT2D eigenvalue weighted by atomic mass is 10.1. The first kappa shape index (κ1) is 15.8. The lowest BCUT2D eigenvalue weighted by Gasteiger charge is -2.16. The van der Waals surface area contributed by atoms with E-state index in [-0.39, 0.29) is 5.91 Å². The molecule has 1 atom stereocenters. The Labute approximate surface area is 129 Å². The second-order valence-electron chi connectivity index (χ2n) is 5.03. The van der Waals surface area contributed by atoms with Crippen molar-refractivity contribution >= 4 is 11.9 Å². The fourth-order valence-corrected chi connectivity index (χ4v) is 2.22. The molecule has 2 N–H and O–H groups in total. The standard InChI is InChI=1S/C17H20N2O3/c1-22-17(21)15(12-13-6-3-2-4-7-13)19-16(20)10-9-14-8-5-11-18-14/h2-8,11,15,18H,9-10,12H2,1H3,(H,19,20)/t15-/m0/s1. The van der Waals surface area contributed by atoms with Gasteiger partial charge in [0.1, 0.15) is 6.04 Å². The summed E-state index contributed by atoms with van der Waals surface area (Å²) in [5, 5.41) is 2.75. The third-order valence-corrected chi connectivity index (χ3v) is 3.39. The van der Waals surface area contributed by atoms with Gasteiger partial charge in [-0.2, -0.15) is 0 Å². The predicted molar refractivity (Wildman–Crippen MR) is 83.2 cm³/mol. The van der Waals surface area contributed by atoms with Crippen molar-refractivity contribution in [3.05, 3.63) is 59.9 Å². The van der Waals surface area contributed by atoms with Crippen LogP contribution in [-0.4, -0.2) is 30.0 Å². The van der Waals surface area contributed by atoms with Crippen molar-refractivity contribution in [1.29, 1.82) is 0 Å². The molecule has 22 heavy (non-hydrogen) atoms. The number of benzene rings is 1. The predicted octanol–water partition coefficient (Wildman–Crippen LogP) is 1.85. The lowest BCUT2D eigenvalue weighted by Crippen LogP contribution is -2.43. The molecule has 1 heterocycles. The SMILES string of the molecule is COC(=O)[C@H](Cc1ccccc1)NC(=O)CCc1ccc[nH]1. The number of aromatic nitrogens is 1. The Hall–Kier alpha value is -2.56. The van der Waals surface area contributed by atoms with Crippen molar-refractivity contribution in [2.45, 2.75) is 25.3 Å². The van der Waals surface area contributed by atoms with Crippen molar-refractivity contribution in [3.8, 4) is 0 Å². The van der Waals surface area contributed by atoms with Gasteiger partial charge in [-0.3, -0.25) is 4.79 Å². The first-order valence-electron chi connectivity index (χ1n) is 7.22. The molecular weight excluding hydrogens is 280 g/mol. The maximum absolute atomic E-state index is 12.0. The third-order valence-electron chi connectivity index (χ3n) is 3.39. The molecule has 1 aromatic carbocycles. The summed E-state index contributed by atoms with van der Waals surface area (Å²) >= 11 is 0. The van der Waals surface area contributed by atoms with E-state index in [1.165, 1.54) is 7.11 Å². The molecule has 0 aliphatic carbocycles. The average Bonchev–Trinajstić information content (AvgIpc) is 3.06. The molecule has 0 saturated carbocycles. The van der Waals surface area contributed by atoms with E-state index in [1.54, 1.807) is 0 Å². The molecule has 2 rings (SSSR count). The summed E-state index contributed by atoms with van der Waals surface area (Å²) in [4.78, 5) is 26.9. The van der Waals surface area contributed by atoms with Crippen molar-refractivity contribution in [1.82, 2.24) is 10.3 Å². The molecule has 5 heteroatoms. The highest BCUT2D eigenvalue weighted by atomic mass is 16.5. The first-order chi connectivity index (χ1) is 10.7. The number of nitrogens with one attached hydrogen (secondary N) is 2. The number of carbonyl (C=O) groups excluding carboxylic acids is 2. The van der Waals surface area contributed by atoms with E-state index in [4.69, 9.17) is 4.74 Å². The van der Waals surface area contributed by atoms with Gasteiger partial charge in [0.05, 0.1) is 7.11 Å². The van der Waals surface area contributed by atoms with Gasteiger partial charge in [-0.1, -0.05) is 30.3 Å². The van der Waals surface area contributed by atoms with Crippen molar-refractivity contribution in [3.63, 3.8) is 0 Å². The maximum Gasteiger partial charge on any atom is 0.328 e. The fraction of sp³-hybridized carbons (Fsp3) is 0.294. The van der Waals surface area contributed by atoms with E-state index in [1.807, 2.05) is 48.7 Å². The van der Waals surface area contributed by atoms with Crippen LogP contribution in [0, 0.1) is 0 Å². The minimum atomic E-state index is -0.663. The largest absolute Gasteiger partial charge is 0.467 e. The van der Waals surface area contributed by atoms with Crippen LogP contribution >= 0.6 is 0 Å². The molecule has 2 aromatic rings. The van der Waals surface area contributed by atoms with Crippen molar-refractivity contribution in [2.24, 2.45) is 0 Å². The molecule has 5 nitrogen and oxygen atoms in total. The Morgan fingerprint density at radius 2 is 1.95 bits per heavy atom. The normalized spacial score (nSPS) is 11.7. The number of carbonyl (C=O) groups is 2. The van der Waals surface area contributed by atoms with E-state index < -0.39 is 12.0 Å². The van der Waals surface area contributed by atoms with Crippen molar-refractivity contribution in [2.75, 3.05) is 7.11 Å². The monoisotopic (exact) mass is 300 g/mol. The van der Waals surface area contributed by atoms with Gasteiger partial charge < -0.3 is 15.0 Å². The zero-order chi connectivity index (χ0) is 15.8. The summed E-state index contributed by atoms with van der Waals surface area (Å²) in [5.41, 5.74) is 1.97. The smallest absolute Gasteiger partial charge is 0.328 e. The fourth-order valence-electron chi connectivity index (χ4n) is 2.22. The van der Waals surface area contributed by atoms with Gasteiger partial charge in [0.15, 0.2) is 0 Å². The number of amides is 1. The summed E-state index contributed by atoms with van der Waals surface area (Å²) in [6.07, 6.45) is 3.17. The van der Waals surface area contributed by atoms with Crippen LogP contribution in [0.25, 0.3) is 0 Å². The van der Waals surface area contributed by atoms with Crippen LogP contribution in [0.1, 0.15) is 17.7 Å². The number of hydrogen-bond donors (Lipinski definition) is 2. The second kappa shape index (κ2) is 8.02. The molecule has 1 amide bonds. The number of rotatable bonds is 7. The van der Waals surface area contributed by atoms with Gasteiger partial charge in [0, 0.05) is 24.7 Å². The Morgan fingerprint density at radius 1 is 1.18 bits per heavy atom. The molecule has 116 valence electrons. The molecule has 0 radical (unpaired) electrons. The number of aryl methyl sites for hydroxylation is 1. The van der Waals surface area contributed by atoms with Gasteiger partial charge in [-0.25, -0.2) is 4.79 Å². The maximum atomic E-state index is 12.0. The van der Waals surface area contributed by atoms with Crippen LogP contribution in [0.5, 0.6) is 0 Å². The highest BCUT2D eigenvalue weighted by Crippen LogP contribution is 2.06. The van der Waals surface area contributed by atoms with E-state index in [9.17, 15) is 9.59 Å². The summed E-state index contributed by atoms with van der Waals surface area (Å²) < 4.78 is 4.78. The average molecular weight is 300 g/mol. The highest BCUT2D eigenvalue weighted by molar-refractivity contribution is 5.84. The third kappa shape index (κ3) is 4.77. The molecule has 1 aromatic heterocycles. The summed E-state index contributed by atoms with van der Waals surface area (Å²) in [6, 6.07) is 12.7. The number of ether oxygens (including phenoxy) is 1. The topological polar surface area (TPSA) is 71.2 Å². The second-order valence-corrected chi connectivity index (χ2v) is 5.03. The minimum absolute atomic E-state index is 0.166. The number of aromatic amines is 1. The van der Waals surface area contributed by atoms with Gasteiger partial charge in [0.25, 0.3) is 0 Å². The Kier molecular flexibility index (Phi) is 5.77. The number of hydrogen-bond acceptors (Lipinski definition) is 3. The van der Waals surface area contributed by atoms with Gasteiger partial charge in [-0.05, 0) is 24.1 Å². The van der Waals surface area contributed by atoms with Gasteiger partial charge in [-0.15, -0.1) is 0 Å². The zero-order valence-corrected chi connectivity index (χ0v) is 12.5. The van der Waals surface area contributed by atoms with E-state index in [0.717, 1.165) is 11.3 Å². The Balaban J connectivity index is 1.91. The minimum Gasteiger partial charge on any atom is -0.467 e. The van der Waals surface area contributed by atoms with Crippen LogP contribution < -0.4 is 5.32 Å². The van der Waals surface area contributed by atoms with Gasteiger partial charge >= 0.3 is 5.97 Å². The number of H-pyrrole nitrogens is 1. The number of methoxy groups -OCH3 is 1.